The summed E-state index contributed by atoms with van der Waals surface area (Å²) in [5, 5.41) is 6.96. The van der Waals surface area contributed by atoms with Crippen LogP contribution in [0, 0.1) is 12.8 Å². The third-order valence-corrected chi connectivity index (χ3v) is 3.98. The molecule has 2 aromatic rings. The van der Waals surface area contributed by atoms with Crippen molar-refractivity contribution in [3.8, 4) is 0 Å². The van der Waals surface area contributed by atoms with Crippen LogP contribution in [0.15, 0.2) is 35.5 Å². The number of nitrogens with zero attached hydrogens (tertiary/aromatic N) is 2. The van der Waals surface area contributed by atoms with E-state index in [4.69, 9.17) is 4.74 Å². The first-order chi connectivity index (χ1) is 9.74. The van der Waals surface area contributed by atoms with Crippen LogP contribution in [-0.2, 0) is 9.53 Å². The van der Waals surface area contributed by atoms with Gasteiger partial charge in [0.1, 0.15) is 12.5 Å². The Kier molecular flexibility index (Phi) is 2.30. The van der Waals surface area contributed by atoms with E-state index in [0.29, 0.717) is 0 Å². The second-order valence-electron chi connectivity index (χ2n) is 5.25. The number of fused-ring (bicyclic) bond motifs is 2. The summed E-state index contributed by atoms with van der Waals surface area (Å²) < 4.78 is 5.17. The molecule has 1 fully saturated rings. The third-order valence-electron chi connectivity index (χ3n) is 3.98. The normalized spacial score (nSPS) is 23.9. The molecule has 5 nitrogen and oxygen atoms in total. The fourth-order valence-electron chi connectivity index (χ4n) is 2.97. The number of hydrogen-bond donors (Lipinski definition) is 1. The standard InChI is InChI=1S/C15H13N3O2/c1-8-2-4-9(5-3-8)12-10-6-16-18-14(10)17-11-7-20-15(19)13(11)12/h2-6,12-13H,7H2,1H3,(H,16,18). The number of aromatic amines is 1. The Morgan fingerprint density at radius 2 is 2.05 bits per heavy atom. The fourth-order valence-corrected chi connectivity index (χ4v) is 2.97. The average Bonchev–Trinajstić information content (AvgIpc) is 3.05. The number of aromatic nitrogens is 2. The first-order valence-electron chi connectivity index (χ1n) is 6.58. The Morgan fingerprint density at radius 1 is 1.25 bits per heavy atom. The van der Waals surface area contributed by atoms with Gasteiger partial charge in [-0.3, -0.25) is 9.89 Å². The molecule has 2 aliphatic heterocycles. The lowest BCUT2D eigenvalue weighted by Crippen LogP contribution is -2.27. The van der Waals surface area contributed by atoms with E-state index in [1.54, 1.807) is 6.20 Å². The monoisotopic (exact) mass is 267 g/mol. The highest BCUT2D eigenvalue weighted by Crippen LogP contribution is 2.43. The van der Waals surface area contributed by atoms with Gasteiger partial charge >= 0.3 is 5.97 Å². The molecule has 3 heterocycles. The molecular formula is C15H13N3O2. The first-order valence-corrected chi connectivity index (χ1v) is 6.58. The predicted octanol–water partition coefficient (Wildman–Crippen LogP) is 2.11. The van der Waals surface area contributed by atoms with E-state index >= 15 is 0 Å². The summed E-state index contributed by atoms with van der Waals surface area (Å²) in [7, 11) is 0. The number of carbonyl (C=O) groups is 1. The molecular weight excluding hydrogens is 254 g/mol. The fraction of sp³-hybridized carbons (Fsp3) is 0.267. The SMILES string of the molecule is Cc1ccc(C2c3cn[nH]c3N=C3COC(=O)C32)cc1. The van der Waals surface area contributed by atoms with Gasteiger partial charge in [-0.15, -0.1) is 0 Å². The van der Waals surface area contributed by atoms with E-state index in [1.165, 1.54) is 5.56 Å². The summed E-state index contributed by atoms with van der Waals surface area (Å²) in [5.74, 6) is 0.163. The van der Waals surface area contributed by atoms with Gasteiger partial charge in [0, 0.05) is 11.5 Å². The van der Waals surface area contributed by atoms with Crippen LogP contribution in [0.5, 0.6) is 0 Å². The number of H-pyrrole nitrogens is 1. The zero-order valence-corrected chi connectivity index (χ0v) is 11.0. The number of cyclic esters (lactones) is 1. The first kappa shape index (κ1) is 11.4. The summed E-state index contributed by atoms with van der Waals surface area (Å²) in [6, 6.07) is 8.23. The molecule has 20 heavy (non-hydrogen) atoms. The van der Waals surface area contributed by atoms with Crippen LogP contribution in [0.1, 0.15) is 22.6 Å². The second-order valence-corrected chi connectivity index (χ2v) is 5.25. The lowest BCUT2D eigenvalue weighted by molar-refractivity contribution is -0.141. The van der Waals surface area contributed by atoms with Crippen LogP contribution in [0.3, 0.4) is 0 Å². The number of hydrogen-bond acceptors (Lipinski definition) is 4. The molecule has 0 radical (unpaired) electrons. The molecule has 0 aliphatic carbocycles. The number of esters is 1. The number of nitrogens with one attached hydrogen (secondary N) is 1. The van der Waals surface area contributed by atoms with Crippen LogP contribution < -0.4 is 0 Å². The lowest BCUT2D eigenvalue weighted by atomic mass is 9.78. The van der Waals surface area contributed by atoms with E-state index in [1.807, 2.05) is 6.92 Å². The maximum atomic E-state index is 12.1. The van der Waals surface area contributed by atoms with Gasteiger partial charge in [-0.25, -0.2) is 4.99 Å². The van der Waals surface area contributed by atoms with Gasteiger partial charge in [0.15, 0.2) is 5.82 Å². The number of carbonyl (C=O) groups excluding carboxylic acids is 1. The maximum Gasteiger partial charge on any atom is 0.316 e. The number of aliphatic imine (C=N–C) groups is 1. The quantitative estimate of drug-likeness (QED) is 0.805. The Bertz CT molecular complexity index is 715. The molecule has 0 bridgehead atoms. The van der Waals surface area contributed by atoms with Crippen molar-refractivity contribution >= 4 is 17.5 Å². The summed E-state index contributed by atoms with van der Waals surface area (Å²) in [6.45, 7) is 2.33. The Labute approximate surface area is 115 Å². The van der Waals surface area contributed by atoms with E-state index in [-0.39, 0.29) is 24.4 Å². The predicted molar refractivity (Wildman–Crippen MR) is 73.2 cm³/mol. The van der Waals surface area contributed by atoms with Gasteiger partial charge in [0.2, 0.25) is 0 Å². The minimum atomic E-state index is -0.317. The molecule has 100 valence electrons. The summed E-state index contributed by atoms with van der Waals surface area (Å²) >= 11 is 0. The maximum absolute atomic E-state index is 12.1. The Morgan fingerprint density at radius 3 is 2.85 bits per heavy atom. The molecule has 5 heteroatoms. The van der Waals surface area contributed by atoms with Crippen LogP contribution in [0.4, 0.5) is 5.82 Å². The third kappa shape index (κ3) is 1.52. The van der Waals surface area contributed by atoms with Crippen molar-refractivity contribution in [2.45, 2.75) is 12.8 Å². The summed E-state index contributed by atoms with van der Waals surface area (Å²) in [5.41, 5.74) is 4.04. The minimum Gasteiger partial charge on any atom is -0.459 e. The Balaban J connectivity index is 1.89. The van der Waals surface area contributed by atoms with Gasteiger partial charge in [-0.1, -0.05) is 29.8 Å². The van der Waals surface area contributed by atoms with Crippen molar-refractivity contribution in [1.82, 2.24) is 10.2 Å². The number of rotatable bonds is 1. The average molecular weight is 267 g/mol. The summed E-state index contributed by atoms with van der Waals surface area (Å²) in [6.07, 6.45) is 1.76. The van der Waals surface area contributed by atoms with Crippen molar-refractivity contribution in [3.05, 3.63) is 47.2 Å². The molecule has 0 saturated carbocycles. The molecule has 1 aromatic heterocycles. The van der Waals surface area contributed by atoms with Crippen molar-refractivity contribution in [2.75, 3.05) is 6.61 Å². The smallest absolute Gasteiger partial charge is 0.316 e. The topological polar surface area (TPSA) is 67.3 Å². The van der Waals surface area contributed by atoms with Crippen LogP contribution in [0.25, 0.3) is 0 Å². The largest absolute Gasteiger partial charge is 0.459 e. The zero-order chi connectivity index (χ0) is 13.7. The molecule has 2 unspecified atom stereocenters. The Hall–Kier alpha value is -2.43. The van der Waals surface area contributed by atoms with E-state index < -0.39 is 0 Å². The molecule has 1 saturated heterocycles. The number of ether oxygens (including phenoxy) is 1. The molecule has 2 atom stereocenters. The molecule has 1 N–H and O–H groups in total. The minimum absolute atomic E-state index is 0.0631. The van der Waals surface area contributed by atoms with Crippen molar-refractivity contribution in [3.63, 3.8) is 0 Å². The van der Waals surface area contributed by atoms with Gasteiger partial charge in [-0.2, -0.15) is 5.10 Å². The van der Waals surface area contributed by atoms with Crippen LogP contribution >= 0.6 is 0 Å². The summed E-state index contributed by atoms with van der Waals surface area (Å²) in [4.78, 5) is 16.5. The van der Waals surface area contributed by atoms with Gasteiger partial charge in [-0.05, 0) is 12.5 Å². The second kappa shape index (κ2) is 4.03. The molecule has 4 rings (SSSR count). The highest BCUT2D eigenvalue weighted by atomic mass is 16.5. The molecule has 0 spiro atoms. The van der Waals surface area contributed by atoms with E-state index in [9.17, 15) is 4.79 Å². The van der Waals surface area contributed by atoms with E-state index in [2.05, 4.69) is 39.5 Å². The molecule has 1 aromatic carbocycles. The van der Waals surface area contributed by atoms with Gasteiger partial charge in [0.05, 0.1) is 11.9 Å². The number of benzene rings is 1. The van der Waals surface area contributed by atoms with Crippen molar-refractivity contribution in [1.29, 1.82) is 0 Å². The zero-order valence-electron chi connectivity index (χ0n) is 11.0. The van der Waals surface area contributed by atoms with Crippen molar-refractivity contribution < 1.29 is 9.53 Å². The lowest BCUT2D eigenvalue weighted by Gasteiger charge is -2.24. The number of aryl methyl sites for hydroxylation is 1. The highest BCUT2D eigenvalue weighted by Gasteiger charge is 2.45. The van der Waals surface area contributed by atoms with Crippen molar-refractivity contribution in [2.24, 2.45) is 10.9 Å². The molecule has 2 aliphatic rings. The highest BCUT2D eigenvalue weighted by molar-refractivity contribution is 6.10. The van der Waals surface area contributed by atoms with E-state index in [0.717, 1.165) is 22.7 Å². The molecule has 0 amide bonds. The van der Waals surface area contributed by atoms with Gasteiger partial charge < -0.3 is 4.74 Å². The van der Waals surface area contributed by atoms with Gasteiger partial charge in [0.25, 0.3) is 0 Å². The van der Waals surface area contributed by atoms with Crippen LogP contribution in [0.2, 0.25) is 0 Å². The van der Waals surface area contributed by atoms with Crippen LogP contribution in [-0.4, -0.2) is 28.5 Å².